The van der Waals surface area contributed by atoms with Gasteiger partial charge in [0.1, 0.15) is 0 Å². The molecule has 0 N–H and O–H groups in total. The van der Waals surface area contributed by atoms with Gasteiger partial charge in [-0.3, -0.25) is 0 Å². The molecule has 0 heterocycles. The molecular formula is C13H26PtSi. The Morgan fingerprint density at radius 2 is 1.47 bits per heavy atom. The molecular weight excluding hydrogens is 379 g/mol. The topological polar surface area (TPSA) is 0 Å². The summed E-state index contributed by atoms with van der Waals surface area (Å²) in [7, 11) is -0.890. The summed E-state index contributed by atoms with van der Waals surface area (Å²) in [5, 5.41) is 0. The molecule has 0 spiro atoms. The molecule has 1 aliphatic carbocycles. The van der Waals surface area contributed by atoms with Crippen molar-refractivity contribution in [1.82, 2.24) is 0 Å². The standard InChI is InChI=1S/C5H5.C4H11Si.2C2H5.Pt/c1-2-4-5-3-1;1-5(2,3)4;2*1-2;/h1-5H;1H2,2-4H3;2*1H2,2H3;. The van der Waals surface area contributed by atoms with Gasteiger partial charge in [-0.25, -0.2) is 0 Å². The van der Waals surface area contributed by atoms with Crippen LogP contribution >= 0.6 is 0 Å². The molecule has 1 rings (SSSR count). The molecule has 0 amide bonds. The monoisotopic (exact) mass is 405 g/mol. The SMILES string of the molecule is C[CH2][Pt]([CH2]C)([CH2][Si](C)(C)C)[CH]1C=CC=C1. The first-order valence-corrected chi connectivity index (χ1v) is 15.6. The van der Waals surface area contributed by atoms with Crippen LogP contribution in [0.1, 0.15) is 13.8 Å². The van der Waals surface area contributed by atoms with E-state index in [2.05, 4.69) is 57.8 Å². The van der Waals surface area contributed by atoms with Crippen molar-refractivity contribution in [3.05, 3.63) is 24.3 Å². The van der Waals surface area contributed by atoms with Crippen LogP contribution in [0.5, 0.6) is 0 Å². The molecule has 0 unspecified atom stereocenters. The first-order valence-electron chi connectivity index (χ1n) is 5.79. The van der Waals surface area contributed by atoms with Crippen LogP contribution in [0.4, 0.5) is 0 Å². The van der Waals surface area contributed by atoms with Gasteiger partial charge < -0.3 is 0 Å². The summed E-state index contributed by atoms with van der Waals surface area (Å²) < 4.78 is 2.51. The van der Waals surface area contributed by atoms with Crippen molar-refractivity contribution in [2.24, 2.45) is 0 Å². The summed E-state index contributed by atoms with van der Waals surface area (Å²) in [5.41, 5.74) is 0. The van der Waals surface area contributed by atoms with Crippen LogP contribution in [0, 0.1) is 0 Å². The Hall–Kier alpha value is 0.385. The maximum absolute atomic E-state index is 2.54. The van der Waals surface area contributed by atoms with E-state index in [4.69, 9.17) is 0 Å². The molecule has 0 saturated carbocycles. The molecule has 92 valence electrons. The van der Waals surface area contributed by atoms with Crippen LogP contribution in [0.2, 0.25) is 38.0 Å². The van der Waals surface area contributed by atoms with E-state index >= 15 is 0 Å². The van der Waals surface area contributed by atoms with Crippen molar-refractivity contribution < 1.29 is 16.1 Å². The van der Waals surface area contributed by atoms with E-state index in [-0.39, 0.29) is 0 Å². The van der Waals surface area contributed by atoms with Crippen LogP contribution in [-0.4, -0.2) is 8.07 Å². The van der Waals surface area contributed by atoms with Gasteiger partial charge in [0.25, 0.3) is 0 Å². The van der Waals surface area contributed by atoms with Gasteiger partial charge >= 0.3 is 100 Å². The van der Waals surface area contributed by atoms with Crippen molar-refractivity contribution in [2.75, 3.05) is 0 Å². The summed E-state index contributed by atoms with van der Waals surface area (Å²) in [4.78, 5) is 2.99. The Morgan fingerprint density at radius 1 is 1.00 bits per heavy atom. The van der Waals surface area contributed by atoms with Gasteiger partial charge in [-0.05, 0) is 0 Å². The summed E-state index contributed by atoms with van der Waals surface area (Å²) in [5.74, 6) is 0. The van der Waals surface area contributed by atoms with E-state index in [1.807, 2.05) is 0 Å². The molecule has 0 aromatic heterocycles. The minimum atomic E-state index is -1.54. The molecule has 0 atom stereocenters. The molecule has 0 radical (unpaired) electrons. The zero-order valence-electron chi connectivity index (χ0n) is 10.8. The van der Waals surface area contributed by atoms with Crippen molar-refractivity contribution in [3.8, 4) is 0 Å². The first kappa shape index (κ1) is 13.5. The Morgan fingerprint density at radius 3 is 1.80 bits per heavy atom. The van der Waals surface area contributed by atoms with Gasteiger partial charge in [-0.15, -0.1) is 0 Å². The third-order valence-electron chi connectivity index (χ3n) is 2.57. The summed E-state index contributed by atoms with van der Waals surface area (Å²) in [6.07, 6.45) is 9.48. The fourth-order valence-electron chi connectivity index (χ4n) is 2.01. The van der Waals surface area contributed by atoms with Gasteiger partial charge in [0, 0.05) is 0 Å². The summed E-state index contributed by atoms with van der Waals surface area (Å²) in [6, 6.07) is 0. The van der Waals surface area contributed by atoms with Crippen LogP contribution in [0.15, 0.2) is 24.3 Å². The predicted molar refractivity (Wildman–Crippen MR) is 71.1 cm³/mol. The first-order chi connectivity index (χ1) is 6.93. The van der Waals surface area contributed by atoms with Gasteiger partial charge in [0.05, 0.1) is 0 Å². The average Bonchev–Trinajstić information content (AvgIpc) is 2.66. The van der Waals surface area contributed by atoms with Gasteiger partial charge in [0.2, 0.25) is 0 Å². The maximum atomic E-state index is 2.54. The van der Waals surface area contributed by atoms with Crippen molar-refractivity contribution in [3.63, 3.8) is 0 Å². The normalized spacial score (nSPS) is 18.7. The minimum absolute atomic E-state index is 0.874. The number of allylic oxidation sites excluding steroid dienone is 4. The van der Waals surface area contributed by atoms with Crippen LogP contribution in [0.3, 0.4) is 0 Å². The fraction of sp³-hybridized carbons (Fsp3) is 0.692. The molecule has 15 heavy (non-hydrogen) atoms. The van der Waals surface area contributed by atoms with Crippen LogP contribution in [-0.2, 0) is 16.1 Å². The van der Waals surface area contributed by atoms with Crippen LogP contribution < -0.4 is 0 Å². The Labute approximate surface area is 100 Å². The molecule has 0 bridgehead atoms. The fourth-order valence-corrected chi connectivity index (χ4v) is 28.9. The van der Waals surface area contributed by atoms with E-state index < -0.39 is 24.1 Å². The van der Waals surface area contributed by atoms with Crippen molar-refractivity contribution >= 4 is 8.07 Å². The van der Waals surface area contributed by atoms with Gasteiger partial charge in [-0.1, -0.05) is 0 Å². The quantitative estimate of drug-likeness (QED) is 0.550. The molecule has 0 aliphatic heterocycles. The van der Waals surface area contributed by atoms with E-state index in [1.165, 1.54) is 9.62 Å². The van der Waals surface area contributed by atoms with E-state index in [0.717, 1.165) is 4.31 Å². The Bertz CT molecular complexity index is 244. The molecule has 0 aromatic rings. The molecule has 0 nitrogen and oxygen atoms in total. The summed E-state index contributed by atoms with van der Waals surface area (Å²) >= 11 is -1.54. The van der Waals surface area contributed by atoms with E-state index in [1.54, 1.807) is 4.43 Å². The molecule has 2 heteroatoms. The van der Waals surface area contributed by atoms with Crippen LogP contribution in [0.25, 0.3) is 0 Å². The number of rotatable bonds is 5. The number of hydrogen-bond acceptors (Lipinski definition) is 0. The zero-order chi connectivity index (χ0) is 11.5. The van der Waals surface area contributed by atoms with E-state index in [0.29, 0.717) is 0 Å². The second kappa shape index (κ2) is 5.14. The zero-order valence-corrected chi connectivity index (χ0v) is 14.1. The second-order valence-corrected chi connectivity index (χ2v) is 23.8. The third kappa shape index (κ3) is 3.42. The third-order valence-corrected chi connectivity index (χ3v) is 26.2. The molecule has 0 aromatic carbocycles. The second-order valence-electron chi connectivity index (χ2n) is 5.15. The Balaban J connectivity index is 2.86. The molecule has 0 fully saturated rings. The Kier molecular flexibility index (Phi) is 4.61. The van der Waals surface area contributed by atoms with Crippen molar-refractivity contribution in [2.45, 2.75) is 51.9 Å². The predicted octanol–water partition coefficient (Wildman–Crippen LogP) is 5.23. The number of hydrogen-bond donors (Lipinski definition) is 0. The van der Waals surface area contributed by atoms with Gasteiger partial charge in [0.15, 0.2) is 0 Å². The van der Waals surface area contributed by atoms with E-state index in [9.17, 15) is 0 Å². The molecule has 1 aliphatic rings. The molecule has 0 saturated heterocycles. The van der Waals surface area contributed by atoms with Crippen molar-refractivity contribution in [1.29, 1.82) is 0 Å². The summed E-state index contributed by atoms with van der Waals surface area (Å²) in [6.45, 7) is 12.5. The average molecular weight is 406 g/mol. The van der Waals surface area contributed by atoms with Gasteiger partial charge in [-0.2, -0.15) is 0 Å².